The van der Waals surface area contributed by atoms with Gasteiger partial charge >= 0.3 is 0 Å². The number of hydrogen-bond donors (Lipinski definition) is 3. The van der Waals surface area contributed by atoms with Gasteiger partial charge in [0.25, 0.3) is 5.91 Å². The van der Waals surface area contributed by atoms with E-state index in [-0.39, 0.29) is 23.8 Å². The van der Waals surface area contributed by atoms with E-state index in [1.165, 1.54) is 0 Å². The highest BCUT2D eigenvalue weighted by Gasteiger charge is 2.29. The summed E-state index contributed by atoms with van der Waals surface area (Å²) in [5.41, 5.74) is 2.02. The molecule has 1 aromatic heterocycles. The SMILES string of the molecule is CNC(=O)c1[nH]c(C2CCC(CNC(=O)C3CCCO3)CC2)nc1-c1ccc(OC)cc1. The Morgan fingerprint density at radius 2 is 1.91 bits per heavy atom. The second-order valence-electron chi connectivity index (χ2n) is 8.62. The number of methoxy groups -OCH3 is 1. The van der Waals surface area contributed by atoms with Crippen LogP contribution in [0.25, 0.3) is 11.3 Å². The second-order valence-corrected chi connectivity index (χ2v) is 8.62. The van der Waals surface area contributed by atoms with Crippen molar-refractivity contribution < 1.29 is 19.1 Å². The number of benzene rings is 1. The number of hydrogen-bond acceptors (Lipinski definition) is 5. The van der Waals surface area contributed by atoms with E-state index in [9.17, 15) is 9.59 Å². The van der Waals surface area contributed by atoms with Crippen LogP contribution in [-0.2, 0) is 9.53 Å². The third-order valence-electron chi connectivity index (χ3n) is 6.56. The molecular formula is C24H32N4O4. The normalized spacial score (nSPS) is 23.0. The van der Waals surface area contributed by atoms with Crippen molar-refractivity contribution in [2.75, 3.05) is 27.3 Å². The molecule has 0 spiro atoms. The van der Waals surface area contributed by atoms with Gasteiger partial charge in [0, 0.05) is 31.7 Å². The van der Waals surface area contributed by atoms with Gasteiger partial charge in [-0.1, -0.05) is 0 Å². The lowest BCUT2D eigenvalue weighted by Crippen LogP contribution is -2.37. The van der Waals surface area contributed by atoms with Gasteiger partial charge in [-0.15, -0.1) is 0 Å². The number of aromatic nitrogens is 2. The highest BCUT2D eigenvalue weighted by molar-refractivity contribution is 5.98. The smallest absolute Gasteiger partial charge is 0.269 e. The Bertz CT molecular complexity index is 926. The van der Waals surface area contributed by atoms with Crippen LogP contribution in [0.3, 0.4) is 0 Å². The van der Waals surface area contributed by atoms with Crippen molar-refractivity contribution in [3.8, 4) is 17.0 Å². The monoisotopic (exact) mass is 440 g/mol. The first-order valence-corrected chi connectivity index (χ1v) is 11.4. The Labute approximate surface area is 188 Å². The third-order valence-corrected chi connectivity index (χ3v) is 6.56. The van der Waals surface area contributed by atoms with Crippen LogP contribution in [0.4, 0.5) is 0 Å². The molecule has 2 aliphatic rings. The van der Waals surface area contributed by atoms with Gasteiger partial charge in [-0.25, -0.2) is 4.98 Å². The summed E-state index contributed by atoms with van der Waals surface area (Å²) in [6.45, 7) is 1.38. The van der Waals surface area contributed by atoms with E-state index in [1.807, 2.05) is 24.3 Å². The van der Waals surface area contributed by atoms with E-state index in [4.69, 9.17) is 14.5 Å². The molecule has 3 N–H and O–H groups in total. The molecule has 8 heteroatoms. The second kappa shape index (κ2) is 10.2. The fourth-order valence-corrected chi connectivity index (χ4v) is 4.62. The standard InChI is InChI=1S/C24H32N4O4/c1-25-24(30)21-20(16-9-11-18(31-2)12-10-16)27-22(28-21)17-7-5-15(6-8-17)14-26-23(29)19-4-3-13-32-19/h9-12,15,17,19H,3-8,13-14H2,1-2H3,(H,25,30)(H,26,29)(H,27,28). The van der Waals surface area contributed by atoms with Crippen LogP contribution in [0.2, 0.25) is 0 Å². The number of aromatic amines is 1. The van der Waals surface area contributed by atoms with Gasteiger partial charge in [0.1, 0.15) is 29.1 Å². The van der Waals surface area contributed by atoms with Gasteiger partial charge < -0.3 is 25.1 Å². The van der Waals surface area contributed by atoms with E-state index in [0.717, 1.165) is 55.7 Å². The molecule has 32 heavy (non-hydrogen) atoms. The van der Waals surface area contributed by atoms with Crippen LogP contribution in [0, 0.1) is 5.92 Å². The molecule has 1 unspecified atom stereocenters. The van der Waals surface area contributed by atoms with Crippen LogP contribution >= 0.6 is 0 Å². The van der Waals surface area contributed by atoms with Gasteiger partial charge in [-0.05, 0) is 68.7 Å². The van der Waals surface area contributed by atoms with Crippen molar-refractivity contribution >= 4 is 11.8 Å². The summed E-state index contributed by atoms with van der Waals surface area (Å²) >= 11 is 0. The van der Waals surface area contributed by atoms with E-state index in [1.54, 1.807) is 14.2 Å². The number of rotatable bonds is 7. The molecule has 2 amide bonds. The molecule has 0 bridgehead atoms. The van der Waals surface area contributed by atoms with Crippen molar-refractivity contribution in [1.29, 1.82) is 0 Å². The Hall–Kier alpha value is -2.87. The largest absolute Gasteiger partial charge is 0.497 e. The van der Waals surface area contributed by atoms with Crippen molar-refractivity contribution in [2.45, 2.75) is 50.5 Å². The first-order valence-electron chi connectivity index (χ1n) is 11.4. The van der Waals surface area contributed by atoms with Crippen molar-refractivity contribution in [2.24, 2.45) is 5.92 Å². The summed E-state index contributed by atoms with van der Waals surface area (Å²) < 4.78 is 10.7. The number of carbonyl (C=O) groups excluding carboxylic acids is 2. The van der Waals surface area contributed by atoms with Crippen LogP contribution in [0.5, 0.6) is 5.75 Å². The minimum Gasteiger partial charge on any atom is -0.497 e. The average molecular weight is 441 g/mol. The molecule has 2 aromatic rings. The first kappa shape index (κ1) is 22.3. The first-order chi connectivity index (χ1) is 15.6. The number of ether oxygens (including phenoxy) is 2. The summed E-state index contributed by atoms with van der Waals surface area (Å²) in [5.74, 6) is 2.20. The van der Waals surface area contributed by atoms with Gasteiger partial charge in [0.05, 0.1) is 7.11 Å². The molecule has 2 heterocycles. The van der Waals surface area contributed by atoms with Crippen LogP contribution < -0.4 is 15.4 Å². The lowest BCUT2D eigenvalue weighted by molar-refractivity contribution is -0.130. The molecule has 2 fully saturated rings. The van der Waals surface area contributed by atoms with Crippen molar-refractivity contribution in [1.82, 2.24) is 20.6 Å². The molecule has 1 aliphatic heterocycles. The number of nitrogens with one attached hydrogen (secondary N) is 3. The quantitative estimate of drug-likeness (QED) is 0.614. The Morgan fingerprint density at radius 1 is 1.16 bits per heavy atom. The molecule has 1 saturated carbocycles. The van der Waals surface area contributed by atoms with Crippen LogP contribution in [0.15, 0.2) is 24.3 Å². The molecule has 0 radical (unpaired) electrons. The minimum absolute atomic E-state index is 0.0232. The summed E-state index contributed by atoms with van der Waals surface area (Å²) in [6.07, 6.45) is 5.50. The summed E-state index contributed by atoms with van der Waals surface area (Å²) in [6, 6.07) is 7.57. The maximum absolute atomic E-state index is 12.5. The van der Waals surface area contributed by atoms with E-state index in [0.29, 0.717) is 30.5 Å². The lowest BCUT2D eigenvalue weighted by atomic mass is 9.81. The number of imidazole rings is 1. The number of H-pyrrole nitrogens is 1. The fraction of sp³-hybridized carbons (Fsp3) is 0.542. The Morgan fingerprint density at radius 3 is 2.53 bits per heavy atom. The summed E-state index contributed by atoms with van der Waals surface area (Å²) in [5, 5.41) is 5.77. The highest BCUT2D eigenvalue weighted by atomic mass is 16.5. The summed E-state index contributed by atoms with van der Waals surface area (Å²) in [4.78, 5) is 32.8. The molecule has 1 atom stereocenters. The zero-order chi connectivity index (χ0) is 22.5. The Balaban J connectivity index is 1.40. The molecule has 1 aromatic carbocycles. The van der Waals surface area contributed by atoms with Crippen LogP contribution in [0.1, 0.15) is 60.8 Å². The maximum Gasteiger partial charge on any atom is 0.269 e. The fourth-order valence-electron chi connectivity index (χ4n) is 4.62. The lowest BCUT2D eigenvalue weighted by Gasteiger charge is -2.27. The summed E-state index contributed by atoms with van der Waals surface area (Å²) in [7, 11) is 3.25. The van der Waals surface area contributed by atoms with E-state index >= 15 is 0 Å². The number of amides is 2. The predicted octanol–water partition coefficient (Wildman–Crippen LogP) is 3.01. The van der Waals surface area contributed by atoms with Crippen molar-refractivity contribution in [3.05, 3.63) is 35.8 Å². The molecular weight excluding hydrogens is 408 g/mol. The number of carbonyl (C=O) groups is 2. The molecule has 1 aliphatic carbocycles. The molecule has 1 saturated heterocycles. The predicted molar refractivity (Wildman–Crippen MR) is 121 cm³/mol. The van der Waals surface area contributed by atoms with Gasteiger partial charge in [0.15, 0.2) is 0 Å². The zero-order valence-electron chi connectivity index (χ0n) is 18.8. The average Bonchev–Trinajstić information content (AvgIpc) is 3.53. The number of nitrogens with zero attached hydrogens (tertiary/aromatic N) is 1. The zero-order valence-corrected chi connectivity index (χ0v) is 18.8. The Kier molecular flexibility index (Phi) is 7.09. The molecule has 172 valence electrons. The van der Waals surface area contributed by atoms with Crippen LogP contribution in [-0.4, -0.2) is 55.2 Å². The van der Waals surface area contributed by atoms with E-state index < -0.39 is 0 Å². The topological polar surface area (TPSA) is 105 Å². The van der Waals surface area contributed by atoms with Gasteiger partial charge in [-0.3, -0.25) is 9.59 Å². The molecule has 8 nitrogen and oxygen atoms in total. The van der Waals surface area contributed by atoms with Gasteiger partial charge in [0.2, 0.25) is 5.91 Å². The van der Waals surface area contributed by atoms with Crippen molar-refractivity contribution in [3.63, 3.8) is 0 Å². The van der Waals surface area contributed by atoms with Gasteiger partial charge in [-0.2, -0.15) is 0 Å². The third kappa shape index (κ3) is 4.96. The van der Waals surface area contributed by atoms with E-state index in [2.05, 4.69) is 15.6 Å². The minimum atomic E-state index is -0.269. The highest BCUT2D eigenvalue weighted by Crippen LogP contribution is 2.36. The maximum atomic E-state index is 12.5. The molecule has 4 rings (SSSR count).